The number of likely N-dealkylation sites (tertiary alicyclic amines) is 1. The Morgan fingerprint density at radius 1 is 1.23 bits per heavy atom. The minimum atomic E-state index is -0.501. The average molecular weight is 367 g/mol. The van der Waals surface area contributed by atoms with E-state index in [9.17, 15) is 14.4 Å². The van der Waals surface area contributed by atoms with Gasteiger partial charge in [-0.2, -0.15) is 0 Å². The Morgan fingerprint density at radius 3 is 2.58 bits per heavy atom. The Morgan fingerprint density at radius 2 is 1.96 bits per heavy atom. The molecule has 0 aromatic heterocycles. The zero-order valence-electron chi connectivity index (χ0n) is 16.6. The van der Waals surface area contributed by atoms with Crippen molar-refractivity contribution in [1.29, 1.82) is 0 Å². The topological polar surface area (TPSA) is 81.8 Å². The van der Waals surface area contributed by atoms with Crippen LogP contribution in [0.4, 0.5) is 0 Å². The third kappa shape index (κ3) is 5.43. The molecule has 26 heavy (non-hydrogen) atoms. The molecule has 2 aliphatic rings. The molecule has 0 aromatic carbocycles. The number of carbonyl (C=O) groups excluding carboxylic acids is 3. The predicted octanol–water partition coefficient (Wildman–Crippen LogP) is 0.596. The summed E-state index contributed by atoms with van der Waals surface area (Å²) in [4.78, 5) is 41.1. The molecule has 2 fully saturated rings. The summed E-state index contributed by atoms with van der Waals surface area (Å²) in [6, 6.07) is -0.416. The van der Waals surface area contributed by atoms with E-state index in [2.05, 4.69) is 10.6 Å². The highest BCUT2D eigenvalue weighted by Crippen LogP contribution is 2.19. The minimum absolute atomic E-state index is 0.0237. The maximum Gasteiger partial charge on any atom is 0.245 e. The van der Waals surface area contributed by atoms with Gasteiger partial charge in [0.15, 0.2) is 0 Å². The van der Waals surface area contributed by atoms with Crippen LogP contribution in [-0.4, -0.2) is 72.3 Å². The van der Waals surface area contributed by atoms with E-state index in [1.54, 1.807) is 0 Å². The fourth-order valence-corrected chi connectivity index (χ4v) is 3.73. The van der Waals surface area contributed by atoms with Crippen molar-refractivity contribution in [3.8, 4) is 0 Å². The van der Waals surface area contributed by atoms with E-state index in [0.717, 1.165) is 19.4 Å². The van der Waals surface area contributed by atoms with E-state index >= 15 is 0 Å². The van der Waals surface area contributed by atoms with Crippen LogP contribution in [-0.2, 0) is 14.4 Å². The van der Waals surface area contributed by atoms with Crippen LogP contribution in [0.5, 0.6) is 0 Å². The van der Waals surface area contributed by atoms with Crippen molar-refractivity contribution in [3.05, 3.63) is 0 Å². The zero-order valence-corrected chi connectivity index (χ0v) is 16.6. The predicted molar refractivity (Wildman–Crippen MR) is 100 cm³/mol. The second-order valence-electron chi connectivity index (χ2n) is 8.23. The number of nitrogens with one attached hydrogen (secondary N) is 2. The van der Waals surface area contributed by atoms with Crippen molar-refractivity contribution in [2.75, 3.05) is 32.7 Å². The molecular weight excluding hydrogens is 332 g/mol. The van der Waals surface area contributed by atoms with Gasteiger partial charge < -0.3 is 20.4 Å². The normalized spacial score (nSPS) is 22.7. The Labute approximate surface area is 156 Å². The van der Waals surface area contributed by atoms with Gasteiger partial charge in [0.2, 0.25) is 17.7 Å². The van der Waals surface area contributed by atoms with Crippen molar-refractivity contribution in [1.82, 2.24) is 20.4 Å². The van der Waals surface area contributed by atoms with Crippen LogP contribution in [0.2, 0.25) is 0 Å². The highest BCUT2D eigenvalue weighted by molar-refractivity contribution is 5.88. The van der Waals surface area contributed by atoms with Crippen molar-refractivity contribution in [2.24, 2.45) is 11.8 Å². The van der Waals surface area contributed by atoms with E-state index < -0.39 is 6.04 Å². The maximum atomic E-state index is 13.1. The molecule has 2 N–H and O–H groups in total. The highest BCUT2D eigenvalue weighted by atomic mass is 16.2. The third-order valence-corrected chi connectivity index (χ3v) is 5.12. The van der Waals surface area contributed by atoms with Crippen molar-refractivity contribution >= 4 is 17.7 Å². The summed E-state index contributed by atoms with van der Waals surface area (Å²) >= 11 is 0. The Hall–Kier alpha value is -1.63. The maximum absolute atomic E-state index is 13.1. The molecule has 0 spiro atoms. The summed E-state index contributed by atoms with van der Waals surface area (Å²) in [6.07, 6.45) is 2.24. The molecule has 0 saturated carbocycles. The van der Waals surface area contributed by atoms with Crippen molar-refractivity contribution < 1.29 is 14.4 Å². The zero-order chi connectivity index (χ0) is 19.3. The van der Waals surface area contributed by atoms with Crippen LogP contribution in [0, 0.1) is 11.8 Å². The number of rotatable bonds is 6. The van der Waals surface area contributed by atoms with Crippen molar-refractivity contribution in [2.45, 2.75) is 59.0 Å². The first-order chi connectivity index (χ1) is 12.3. The van der Waals surface area contributed by atoms with Gasteiger partial charge in [-0.05, 0) is 24.7 Å². The largest absolute Gasteiger partial charge is 0.344 e. The molecule has 2 heterocycles. The Kier molecular flexibility index (Phi) is 7.43. The molecule has 7 heteroatoms. The summed E-state index contributed by atoms with van der Waals surface area (Å²) in [5.74, 6) is 0.305. The number of hydrogen-bond acceptors (Lipinski definition) is 4. The molecule has 2 rings (SSSR count). The molecular formula is C19H34N4O3. The molecule has 2 aliphatic heterocycles. The fraction of sp³-hybridized carbons (Fsp3) is 0.842. The second-order valence-corrected chi connectivity index (χ2v) is 8.23. The van der Waals surface area contributed by atoms with Crippen LogP contribution in [0.3, 0.4) is 0 Å². The van der Waals surface area contributed by atoms with E-state index in [0.29, 0.717) is 32.6 Å². The molecule has 0 aromatic rings. The highest BCUT2D eigenvalue weighted by Gasteiger charge is 2.35. The van der Waals surface area contributed by atoms with Gasteiger partial charge in [-0.3, -0.25) is 14.4 Å². The first-order valence-corrected chi connectivity index (χ1v) is 9.88. The van der Waals surface area contributed by atoms with E-state index in [1.165, 1.54) is 0 Å². The monoisotopic (exact) mass is 366 g/mol. The molecule has 0 aliphatic carbocycles. The number of hydrogen-bond donors (Lipinski definition) is 2. The molecule has 2 atom stereocenters. The van der Waals surface area contributed by atoms with E-state index in [4.69, 9.17) is 0 Å². The molecule has 0 bridgehead atoms. The van der Waals surface area contributed by atoms with Gasteiger partial charge in [0.1, 0.15) is 6.04 Å². The van der Waals surface area contributed by atoms with Crippen LogP contribution < -0.4 is 10.6 Å². The first-order valence-electron chi connectivity index (χ1n) is 9.88. The number of piperidine rings is 1. The van der Waals surface area contributed by atoms with Gasteiger partial charge in [0.25, 0.3) is 0 Å². The lowest BCUT2D eigenvalue weighted by Gasteiger charge is -2.42. The minimum Gasteiger partial charge on any atom is -0.344 e. The summed E-state index contributed by atoms with van der Waals surface area (Å²) in [5, 5.41) is 6.02. The van der Waals surface area contributed by atoms with Crippen LogP contribution >= 0.6 is 0 Å². The number of amides is 3. The second kappa shape index (κ2) is 9.35. The Bertz CT molecular complexity index is 521. The van der Waals surface area contributed by atoms with Crippen LogP contribution in [0.1, 0.15) is 47.0 Å². The quantitative estimate of drug-likeness (QED) is 0.721. The van der Waals surface area contributed by atoms with Crippen LogP contribution in [0.15, 0.2) is 0 Å². The lowest BCUT2D eigenvalue weighted by molar-refractivity contribution is -0.143. The fourth-order valence-electron chi connectivity index (χ4n) is 3.73. The van der Waals surface area contributed by atoms with Gasteiger partial charge in [-0.25, -0.2) is 0 Å². The lowest BCUT2D eigenvalue weighted by Crippen LogP contribution is -2.60. The molecule has 7 nitrogen and oxygen atoms in total. The lowest BCUT2D eigenvalue weighted by atomic mass is 9.98. The average Bonchev–Trinajstić information content (AvgIpc) is 2.59. The van der Waals surface area contributed by atoms with Gasteiger partial charge in [0.05, 0.1) is 6.54 Å². The SMILES string of the molecule is CC(C)CC(=O)NC(C(=O)N1CCCC(N2CCNCC2=O)C1)C(C)C. The summed E-state index contributed by atoms with van der Waals surface area (Å²) in [7, 11) is 0. The van der Waals surface area contributed by atoms with Gasteiger partial charge in [0, 0.05) is 38.6 Å². The molecule has 148 valence electrons. The third-order valence-electron chi connectivity index (χ3n) is 5.12. The molecule has 2 unspecified atom stereocenters. The molecule has 0 radical (unpaired) electrons. The first kappa shape index (κ1) is 20.7. The van der Waals surface area contributed by atoms with Gasteiger partial charge in [-0.1, -0.05) is 27.7 Å². The van der Waals surface area contributed by atoms with E-state index in [1.807, 2.05) is 37.5 Å². The number of carbonyl (C=O) groups is 3. The van der Waals surface area contributed by atoms with E-state index in [-0.39, 0.29) is 35.6 Å². The van der Waals surface area contributed by atoms with Crippen LogP contribution in [0.25, 0.3) is 0 Å². The summed E-state index contributed by atoms with van der Waals surface area (Å²) in [5.41, 5.74) is 0. The molecule has 2 saturated heterocycles. The van der Waals surface area contributed by atoms with Gasteiger partial charge in [-0.15, -0.1) is 0 Å². The Balaban J connectivity index is 2.00. The molecule has 3 amide bonds. The summed E-state index contributed by atoms with van der Waals surface area (Å²) in [6.45, 7) is 11.0. The summed E-state index contributed by atoms with van der Waals surface area (Å²) < 4.78 is 0. The number of piperazine rings is 1. The standard InChI is InChI=1S/C19H34N4O3/c1-13(2)10-16(24)21-18(14(3)4)19(26)22-8-5-6-15(12-22)23-9-7-20-11-17(23)25/h13-15,18,20H,5-12H2,1-4H3,(H,21,24). The van der Waals surface area contributed by atoms with Gasteiger partial charge >= 0.3 is 0 Å². The van der Waals surface area contributed by atoms with Crippen molar-refractivity contribution in [3.63, 3.8) is 0 Å². The smallest absolute Gasteiger partial charge is 0.245 e. The number of nitrogens with zero attached hydrogens (tertiary/aromatic N) is 2.